The molecule has 5 aliphatic carbocycles. The molecule has 0 aliphatic heterocycles. The molecule has 5 rings (SSSR count). The molecule has 6 atom stereocenters. The largest absolute Gasteiger partial charge is 0.0596 e. The van der Waals surface area contributed by atoms with Gasteiger partial charge in [-0.3, -0.25) is 0 Å². The summed E-state index contributed by atoms with van der Waals surface area (Å²) in [5, 5.41) is 0. The first-order valence-electron chi connectivity index (χ1n) is 6.93. The fourth-order valence-corrected chi connectivity index (χ4v) is 6.75. The molecule has 0 aromatic carbocycles. The predicted octanol–water partition coefficient (Wildman–Crippen LogP) is 4.10. The quantitative estimate of drug-likeness (QED) is 0.557. The van der Waals surface area contributed by atoms with Gasteiger partial charge in [0.25, 0.3) is 0 Å². The van der Waals surface area contributed by atoms with E-state index in [2.05, 4.69) is 27.7 Å². The first-order valence-corrected chi connectivity index (χ1v) is 6.93. The second kappa shape index (κ2) is 2.05. The molecule has 0 amide bonds. The van der Waals surface area contributed by atoms with Gasteiger partial charge in [0.05, 0.1) is 0 Å². The maximum absolute atomic E-state index is 2.64. The van der Waals surface area contributed by atoms with Gasteiger partial charge in [-0.2, -0.15) is 0 Å². The lowest BCUT2D eigenvalue weighted by molar-refractivity contribution is 0.127. The van der Waals surface area contributed by atoms with Crippen LogP contribution < -0.4 is 0 Å². The zero-order chi connectivity index (χ0) is 10.6. The Balaban J connectivity index is 1.89. The number of hydrogen-bond acceptors (Lipinski definition) is 0. The summed E-state index contributed by atoms with van der Waals surface area (Å²) < 4.78 is 0. The molecule has 0 nitrogen and oxygen atoms in total. The van der Waals surface area contributed by atoms with E-state index >= 15 is 0 Å². The molecular weight excluding hydrogens is 180 g/mol. The highest BCUT2D eigenvalue weighted by molar-refractivity contribution is 5.33. The van der Waals surface area contributed by atoms with Crippen molar-refractivity contribution in [3.63, 3.8) is 0 Å². The third-order valence-corrected chi connectivity index (χ3v) is 7.58. The zero-order valence-corrected chi connectivity index (χ0v) is 10.6. The lowest BCUT2D eigenvalue weighted by atomic mass is 9.69. The molecule has 15 heavy (non-hydrogen) atoms. The second-order valence-electron chi connectivity index (χ2n) is 8.04. The Labute approximate surface area is 93.8 Å². The molecule has 0 spiro atoms. The smallest absolute Gasteiger partial charge is 0.0204 e. The Morgan fingerprint density at radius 1 is 0.867 bits per heavy atom. The van der Waals surface area contributed by atoms with Crippen LogP contribution in [0.4, 0.5) is 0 Å². The Morgan fingerprint density at radius 3 is 2.27 bits per heavy atom. The van der Waals surface area contributed by atoms with Crippen molar-refractivity contribution in [2.45, 2.75) is 53.4 Å². The minimum absolute atomic E-state index is 0.649. The van der Waals surface area contributed by atoms with Gasteiger partial charge in [0.1, 0.15) is 0 Å². The van der Waals surface area contributed by atoms with Crippen molar-refractivity contribution in [2.75, 3.05) is 0 Å². The highest BCUT2D eigenvalue weighted by Crippen LogP contribution is 2.91. The van der Waals surface area contributed by atoms with Gasteiger partial charge in [-0.25, -0.2) is 0 Å². The molecule has 5 aliphatic rings. The zero-order valence-electron chi connectivity index (χ0n) is 10.6. The summed E-state index contributed by atoms with van der Waals surface area (Å²) in [6, 6.07) is 0. The van der Waals surface area contributed by atoms with E-state index in [9.17, 15) is 0 Å². The molecule has 0 radical (unpaired) electrons. The Hall–Kier alpha value is 0. The van der Waals surface area contributed by atoms with Gasteiger partial charge >= 0.3 is 0 Å². The summed E-state index contributed by atoms with van der Waals surface area (Å²) in [5.41, 5.74) is 2.16. The Bertz CT molecular complexity index is 342. The normalized spacial score (nSPS) is 68.0. The number of hydrogen-bond donors (Lipinski definition) is 0. The van der Waals surface area contributed by atoms with Crippen molar-refractivity contribution in [1.29, 1.82) is 0 Å². The monoisotopic (exact) mass is 204 g/mol. The molecule has 5 fully saturated rings. The average molecular weight is 204 g/mol. The molecule has 0 heteroatoms. The van der Waals surface area contributed by atoms with E-state index in [0.717, 1.165) is 34.5 Å². The lowest BCUT2D eigenvalue weighted by Gasteiger charge is -2.35. The topological polar surface area (TPSA) is 0 Å². The van der Waals surface area contributed by atoms with E-state index in [-0.39, 0.29) is 0 Å². The van der Waals surface area contributed by atoms with E-state index in [1.165, 1.54) is 19.3 Å². The predicted molar refractivity (Wildman–Crippen MR) is 62.4 cm³/mol. The van der Waals surface area contributed by atoms with E-state index in [1.807, 2.05) is 0 Å². The minimum Gasteiger partial charge on any atom is -0.0596 e. The maximum Gasteiger partial charge on any atom is -0.0204 e. The van der Waals surface area contributed by atoms with Gasteiger partial charge in [-0.05, 0) is 59.2 Å². The van der Waals surface area contributed by atoms with Crippen LogP contribution in [0.25, 0.3) is 0 Å². The van der Waals surface area contributed by atoms with Crippen LogP contribution in [0.15, 0.2) is 0 Å². The minimum atomic E-state index is 0.649. The van der Waals surface area contributed by atoms with Crippen molar-refractivity contribution in [3.8, 4) is 0 Å². The van der Waals surface area contributed by atoms with Crippen LogP contribution in [0.5, 0.6) is 0 Å². The molecule has 0 aromatic rings. The molecule has 84 valence electrons. The van der Waals surface area contributed by atoms with Crippen LogP contribution in [0, 0.1) is 39.9 Å². The van der Waals surface area contributed by atoms with Crippen LogP contribution in [-0.2, 0) is 0 Å². The summed E-state index contributed by atoms with van der Waals surface area (Å²) in [7, 11) is 0. The van der Waals surface area contributed by atoms with Gasteiger partial charge < -0.3 is 0 Å². The molecule has 0 heterocycles. The van der Waals surface area contributed by atoms with Crippen LogP contribution in [0.1, 0.15) is 53.4 Å². The Kier molecular flexibility index (Phi) is 1.24. The van der Waals surface area contributed by atoms with Crippen LogP contribution in [0.2, 0.25) is 0 Å². The summed E-state index contributed by atoms with van der Waals surface area (Å²) in [4.78, 5) is 0. The van der Waals surface area contributed by atoms with Crippen LogP contribution in [-0.4, -0.2) is 0 Å². The van der Waals surface area contributed by atoms with Crippen molar-refractivity contribution < 1.29 is 0 Å². The molecule has 5 saturated carbocycles. The third kappa shape index (κ3) is 0.666. The summed E-state index contributed by atoms with van der Waals surface area (Å²) in [6.07, 6.45) is 6.10. The van der Waals surface area contributed by atoms with Gasteiger partial charge in [0.2, 0.25) is 0 Å². The van der Waals surface area contributed by atoms with Crippen molar-refractivity contribution in [2.24, 2.45) is 39.9 Å². The average Bonchev–Trinajstić information content (AvgIpc) is 2.49. The first-order chi connectivity index (χ1) is 6.93. The molecule has 0 saturated heterocycles. The van der Waals surface area contributed by atoms with E-state index in [4.69, 9.17) is 0 Å². The summed E-state index contributed by atoms with van der Waals surface area (Å²) in [6.45, 7) is 10.4. The molecular formula is C15H24. The van der Waals surface area contributed by atoms with Crippen LogP contribution >= 0.6 is 0 Å². The fourth-order valence-electron chi connectivity index (χ4n) is 6.75. The molecule has 6 bridgehead atoms. The summed E-state index contributed by atoms with van der Waals surface area (Å²) in [5.74, 6) is 4.44. The van der Waals surface area contributed by atoms with Gasteiger partial charge in [-0.1, -0.05) is 34.1 Å². The van der Waals surface area contributed by atoms with Crippen molar-refractivity contribution in [1.82, 2.24) is 0 Å². The van der Waals surface area contributed by atoms with E-state index < -0.39 is 0 Å². The van der Waals surface area contributed by atoms with Gasteiger partial charge in [0, 0.05) is 0 Å². The molecule has 6 unspecified atom stereocenters. The van der Waals surface area contributed by atoms with E-state index in [1.54, 1.807) is 6.42 Å². The van der Waals surface area contributed by atoms with Crippen LogP contribution in [0.3, 0.4) is 0 Å². The van der Waals surface area contributed by atoms with Crippen molar-refractivity contribution >= 4 is 0 Å². The summed E-state index contributed by atoms with van der Waals surface area (Å²) >= 11 is 0. The molecule has 0 N–H and O–H groups in total. The first kappa shape index (κ1) is 9.07. The van der Waals surface area contributed by atoms with Crippen molar-refractivity contribution in [3.05, 3.63) is 0 Å². The molecule has 0 aromatic heterocycles. The highest BCUT2D eigenvalue weighted by Gasteiger charge is 2.86. The SMILES string of the molecule is CC1(C)CCCC2(C)C3CC4C(C31)C42C. The van der Waals surface area contributed by atoms with Gasteiger partial charge in [-0.15, -0.1) is 0 Å². The van der Waals surface area contributed by atoms with Gasteiger partial charge in [0.15, 0.2) is 0 Å². The highest BCUT2D eigenvalue weighted by atomic mass is 14.9. The maximum atomic E-state index is 2.64. The van der Waals surface area contributed by atoms with E-state index in [0.29, 0.717) is 5.41 Å². The number of rotatable bonds is 0. The second-order valence-corrected chi connectivity index (χ2v) is 8.04. The Morgan fingerprint density at radius 2 is 1.60 bits per heavy atom. The third-order valence-electron chi connectivity index (χ3n) is 7.58. The standard InChI is InChI=1S/C15H24/c1-13(2)6-5-7-14(3)9-8-10-12(11(9)13)15(10,14)4/h9-12H,5-8H2,1-4H3. The lowest BCUT2D eigenvalue weighted by Crippen LogP contribution is -2.29. The fraction of sp³-hybridized carbons (Fsp3) is 1.00.